The van der Waals surface area contributed by atoms with E-state index in [2.05, 4.69) is 48.6 Å². The summed E-state index contributed by atoms with van der Waals surface area (Å²) >= 11 is 0. The topological polar surface area (TPSA) is 18.5 Å². The van der Waals surface area contributed by atoms with Crippen LogP contribution in [0.2, 0.25) is 0 Å². The van der Waals surface area contributed by atoms with E-state index in [4.69, 9.17) is 9.47 Å². The van der Waals surface area contributed by atoms with Gasteiger partial charge in [-0.15, -0.1) is 0 Å². The molecule has 28 heavy (non-hydrogen) atoms. The Bertz CT molecular complexity index is 858. The van der Waals surface area contributed by atoms with Crippen LogP contribution in [0.3, 0.4) is 0 Å². The maximum atomic E-state index is 6.00. The van der Waals surface area contributed by atoms with Crippen LogP contribution < -0.4 is 9.47 Å². The first-order valence-corrected chi connectivity index (χ1v) is 9.57. The molecule has 0 aliphatic rings. The van der Waals surface area contributed by atoms with Crippen LogP contribution in [0, 0.1) is 0 Å². The summed E-state index contributed by atoms with van der Waals surface area (Å²) in [6.07, 6.45) is 8.15. The Labute approximate surface area is 167 Å². The van der Waals surface area contributed by atoms with Crippen molar-refractivity contribution in [1.29, 1.82) is 0 Å². The van der Waals surface area contributed by atoms with Gasteiger partial charge in [0.25, 0.3) is 0 Å². The van der Waals surface area contributed by atoms with Gasteiger partial charge in [0, 0.05) is 11.1 Å². The molecule has 0 N–H and O–H groups in total. The van der Waals surface area contributed by atoms with E-state index in [0.29, 0.717) is 13.2 Å². The van der Waals surface area contributed by atoms with E-state index in [1.54, 1.807) is 0 Å². The molecule has 0 amide bonds. The van der Waals surface area contributed by atoms with Crippen molar-refractivity contribution in [3.63, 3.8) is 0 Å². The second-order valence-electron chi connectivity index (χ2n) is 6.47. The van der Waals surface area contributed by atoms with Gasteiger partial charge in [-0.2, -0.15) is 0 Å². The highest BCUT2D eigenvalue weighted by Gasteiger charge is 2.03. The minimum atomic E-state index is 0.542. The molecular formula is C26H26O2. The Morgan fingerprint density at radius 2 is 0.964 bits per heavy atom. The first kappa shape index (κ1) is 19.5. The van der Waals surface area contributed by atoms with Crippen molar-refractivity contribution in [2.75, 3.05) is 0 Å². The summed E-state index contributed by atoms with van der Waals surface area (Å²) in [5.41, 5.74) is 4.45. The maximum Gasteiger partial charge on any atom is 0.127 e. The normalized spacial score (nSPS) is 11.2. The molecule has 0 atom stereocenters. The second-order valence-corrected chi connectivity index (χ2v) is 6.47. The molecular weight excluding hydrogens is 344 g/mol. The third-order valence-corrected chi connectivity index (χ3v) is 4.34. The van der Waals surface area contributed by atoms with Crippen LogP contribution in [0.25, 0.3) is 12.2 Å². The Balaban J connectivity index is 1.59. The van der Waals surface area contributed by atoms with Gasteiger partial charge in [-0.05, 0) is 37.1 Å². The van der Waals surface area contributed by atoms with Crippen molar-refractivity contribution in [1.82, 2.24) is 0 Å². The van der Waals surface area contributed by atoms with Crippen molar-refractivity contribution in [2.24, 2.45) is 0 Å². The van der Waals surface area contributed by atoms with Crippen LogP contribution in [0.5, 0.6) is 11.5 Å². The van der Waals surface area contributed by atoms with Crippen LogP contribution in [0.1, 0.15) is 36.1 Å². The fraction of sp³-hybridized carbons (Fsp3) is 0.154. The van der Waals surface area contributed by atoms with Crippen molar-refractivity contribution >= 4 is 12.2 Å². The summed E-state index contributed by atoms with van der Waals surface area (Å²) < 4.78 is 12.0. The number of ether oxygens (including phenoxy) is 2. The smallest absolute Gasteiger partial charge is 0.127 e. The van der Waals surface area contributed by atoms with E-state index in [9.17, 15) is 0 Å². The molecule has 0 saturated carbocycles. The minimum absolute atomic E-state index is 0.542. The zero-order valence-electron chi connectivity index (χ0n) is 16.5. The predicted octanol–water partition coefficient (Wildman–Crippen LogP) is 6.91. The summed E-state index contributed by atoms with van der Waals surface area (Å²) in [6, 6.07) is 24.5. The lowest BCUT2D eigenvalue weighted by Gasteiger charge is -2.11. The summed E-state index contributed by atoms with van der Waals surface area (Å²) in [6.45, 7) is 5.10. The summed E-state index contributed by atoms with van der Waals surface area (Å²) in [4.78, 5) is 0. The van der Waals surface area contributed by atoms with E-state index < -0.39 is 0 Å². The Hall–Kier alpha value is -3.26. The molecule has 3 aromatic rings. The standard InChI is InChI=1S/C26H26O2/c1-3-9-23-11-5-7-13-25(23)27-19-21-15-17-22(18-16-21)20-28-26-14-8-6-12-24(26)10-4-2/h3-18H,19-20H2,1-2H3. The Morgan fingerprint density at radius 1 is 0.571 bits per heavy atom. The molecule has 142 valence electrons. The maximum absolute atomic E-state index is 6.00. The average Bonchev–Trinajstić information content (AvgIpc) is 2.74. The highest BCUT2D eigenvalue weighted by Crippen LogP contribution is 2.22. The average molecular weight is 370 g/mol. The van der Waals surface area contributed by atoms with E-state index in [1.165, 1.54) is 0 Å². The van der Waals surface area contributed by atoms with Gasteiger partial charge in [0.2, 0.25) is 0 Å². The molecule has 0 fully saturated rings. The third kappa shape index (κ3) is 5.37. The molecule has 2 nitrogen and oxygen atoms in total. The highest BCUT2D eigenvalue weighted by atomic mass is 16.5. The van der Waals surface area contributed by atoms with Crippen LogP contribution in [0.15, 0.2) is 84.9 Å². The molecule has 0 aliphatic carbocycles. The highest BCUT2D eigenvalue weighted by molar-refractivity contribution is 5.57. The fourth-order valence-electron chi connectivity index (χ4n) is 2.91. The van der Waals surface area contributed by atoms with Crippen molar-refractivity contribution in [2.45, 2.75) is 27.1 Å². The summed E-state index contributed by atoms with van der Waals surface area (Å²) in [7, 11) is 0. The molecule has 0 aliphatic heterocycles. The second kappa shape index (κ2) is 10.2. The molecule has 2 heteroatoms. The van der Waals surface area contributed by atoms with Crippen LogP contribution in [-0.2, 0) is 13.2 Å². The fourth-order valence-corrected chi connectivity index (χ4v) is 2.91. The predicted molar refractivity (Wildman–Crippen MR) is 117 cm³/mol. The van der Waals surface area contributed by atoms with Crippen molar-refractivity contribution < 1.29 is 9.47 Å². The molecule has 0 saturated heterocycles. The van der Waals surface area contributed by atoms with Crippen molar-refractivity contribution in [3.8, 4) is 11.5 Å². The minimum Gasteiger partial charge on any atom is -0.488 e. The van der Waals surface area contributed by atoms with Gasteiger partial charge in [0.05, 0.1) is 0 Å². The lowest BCUT2D eigenvalue weighted by molar-refractivity contribution is 0.302. The zero-order chi connectivity index (χ0) is 19.6. The molecule has 0 radical (unpaired) electrons. The van der Waals surface area contributed by atoms with Gasteiger partial charge in [-0.3, -0.25) is 0 Å². The number of rotatable bonds is 8. The first-order valence-electron chi connectivity index (χ1n) is 9.57. The van der Waals surface area contributed by atoms with Gasteiger partial charge >= 0.3 is 0 Å². The lowest BCUT2D eigenvalue weighted by atomic mass is 10.1. The zero-order valence-corrected chi connectivity index (χ0v) is 16.5. The van der Waals surface area contributed by atoms with E-state index in [0.717, 1.165) is 33.8 Å². The Morgan fingerprint density at radius 3 is 1.36 bits per heavy atom. The van der Waals surface area contributed by atoms with E-state index in [-0.39, 0.29) is 0 Å². The number of hydrogen-bond acceptors (Lipinski definition) is 2. The number of allylic oxidation sites excluding steroid dienone is 2. The molecule has 3 rings (SSSR count). The molecule has 0 aromatic heterocycles. The Kier molecular flexibility index (Phi) is 7.08. The van der Waals surface area contributed by atoms with E-state index >= 15 is 0 Å². The molecule has 3 aromatic carbocycles. The van der Waals surface area contributed by atoms with Crippen LogP contribution in [0.4, 0.5) is 0 Å². The first-order chi connectivity index (χ1) is 13.8. The van der Waals surface area contributed by atoms with Gasteiger partial charge < -0.3 is 9.47 Å². The molecule has 0 bridgehead atoms. The van der Waals surface area contributed by atoms with Gasteiger partial charge in [0.15, 0.2) is 0 Å². The number of hydrogen-bond donors (Lipinski definition) is 0. The quantitative estimate of drug-likeness (QED) is 0.429. The monoisotopic (exact) mass is 370 g/mol. The number of para-hydroxylation sites is 2. The van der Waals surface area contributed by atoms with Gasteiger partial charge in [-0.1, -0.05) is 85.0 Å². The molecule has 0 spiro atoms. The van der Waals surface area contributed by atoms with Gasteiger partial charge in [-0.25, -0.2) is 0 Å². The SMILES string of the molecule is CC=Cc1ccccc1OCc1ccc(COc2ccccc2C=CC)cc1. The van der Waals surface area contributed by atoms with Crippen molar-refractivity contribution in [3.05, 3.63) is 107 Å². The van der Waals surface area contributed by atoms with E-state index in [1.807, 2.05) is 62.4 Å². The van der Waals surface area contributed by atoms with Gasteiger partial charge in [0.1, 0.15) is 24.7 Å². The molecule has 0 heterocycles. The van der Waals surface area contributed by atoms with Crippen LogP contribution >= 0.6 is 0 Å². The molecule has 0 unspecified atom stereocenters. The number of benzene rings is 3. The van der Waals surface area contributed by atoms with Crippen LogP contribution in [-0.4, -0.2) is 0 Å². The lowest BCUT2D eigenvalue weighted by Crippen LogP contribution is -1.99. The third-order valence-electron chi connectivity index (χ3n) is 4.34. The summed E-state index contributed by atoms with van der Waals surface area (Å²) in [5, 5.41) is 0. The summed E-state index contributed by atoms with van der Waals surface area (Å²) in [5.74, 6) is 1.79. The largest absolute Gasteiger partial charge is 0.488 e.